The first-order valence-corrected chi connectivity index (χ1v) is 47.2. The molecule has 130 heavy (non-hydrogen) atoms. The number of hydrogen-bond acceptors (Lipinski definition) is 38. The highest BCUT2D eigenvalue weighted by Crippen LogP contribution is 2.36. The van der Waals surface area contributed by atoms with E-state index in [0.717, 1.165) is 82.1 Å². The second-order valence-electron chi connectivity index (χ2n) is 23.6. The van der Waals surface area contributed by atoms with Gasteiger partial charge in [0.2, 0.25) is 0 Å². The van der Waals surface area contributed by atoms with Crippen molar-refractivity contribution in [3.05, 3.63) is 259 Å². The fourth-order valence-corrected chi connectivity index (χ4v) is 17.9. The number of carbonyl (C=O) groups excluding carboxylic acids is 8. The highest BCUT2D eigenvalue weighted by molar-refractivity contribution is 14.1. The topological polar surface area (TPSA) is 630 Å². The Morgan fingerprint density at radius 3 is 0.908 bits per heavy atom. The summed E-state index contributed by atoms with van der Waals surface area (Å²) in [6.07, 6.45) is 0. The van der Waals surface area contributed by atoms with Gasteiger partial charge in [-0.05, 0) is 278 Å². The van der Waals surface area contributed by atoms with Gasteiger partial charge in [-0.25, -0.2) is 72.0 Å². The van der Waals surface area contributed by atoms with Crippen molar-refractivity contribution >= 4 is 292 Å². The summed E-state index contributed by atoms with van der Waals surface area (Å²) in [5.74, 6) is -10.7. The zero-order valence-electron chi connectivity index (χ0n) is 62.5. The first-order chi connectivity index (χ1) is 59.9. The minimum absolute atomic E-state index is 0.0234. The van der Waals surface area contributed by atoms with E-state index in [1.807, 2.05) is 102 Å². The van der Waals surface area contributed by atoms with E-state index in [4.69, 9.17) is 28.4 Å². The molecule has 62 heteroatoms. The van der Waals surface area contributed by atoms with Crippen LogP contribution in [0.3, 0.4) is 0 Å². The normalized spacial score (nSPS) is 11.6. The number of alkyl halides is 8. The third kappa shape index (κ3) is 32.5. The van der Waals surface area contributed by atoms with Gasteiger partial charge in [-0.2, -0.15) is 35.1 Å². The number of benzene rings is 8. The lowest BCUT2D eigenvalue weighted by molar-refractivity contribution is -0.385. The smallest absolute Gasteiger partial charge is 0.367 e. The Kier molecular flexibility index (Phi) is 41.4. The van der Waals surface area contributed by atoms with Crippen LogP contribution in [-0.4, -0.2) is 193 Å². The summed E-state index contributed by atoms with van der Waals surface area (Å²) in [7, 11) is -24.6. The number of non-ortho nitro benzene ring substituents is 2. The minimum Gasteiger partial charge on any atom is -0.743 e. The van der Waals surface area contributed by atoms with Crippen molar-refractivity contribution < 1.29 is 192 Å². The van der Waals surface area contributed by atoms with Crippen LogP contribution in [0.4, 0.5) is 57.9 Å². The maximum atomic E-state index is 13.3. The molecular formula is C68H40F8I8N4O38S4-4. The zero-order valence-corrected chi connectivity index (χ0v) is 83.0. The van der Waals surface area contributed by atoms with Gasteiger partial charge in [0.25, 0.3) is 22.7 Å². The van der Waals surface area contributed by atoms with Gasteiger partial charge >= 0.3 is 68.8 Å². The minimum atomic E-state index is -6.18. The molecule has 0 heterocycles. The summed E-state index contributed by atoms with van der Waals surface area (Å²) in [6.45, 7) is -9.52. The van der Waals surface area contributed by atoms with Crippen molar-refractivity contribution in [1.29, 1.82) is 0 Å². The SMILES string of the molecule is O=C(OCCOc1c(I)cc(I)cc1I)c1ccc([N+](=O)[O-])cc1C(=O)OCC(F)(F)S(=O)(=O)[O-].O=C(OCCOc1ccc(I)cc1)c1ccc([N+](=O)[O-])cc1C(=O)OCC(F)(F)S(=O)(=O)[O-].O=C(Oc1c(I)cc(I)cc1I)c1cccc([N+](=O)[O-])c1C(=O)OCC(F)(F)S(=O)(=O)[O-].O=C(Oc1ccc(I)cc1)c1cccc([N+](=O)[O-])c1C(=O)OCC(F)(F)S(=O)(=O)[O-]. The van der Waals surface area contributed by atoms with Crippen LogP contribution >= 0.6 is 181 Å². The zero-order chi connectivity index (χ0) is 98.5. The molecular weight excluding hydrogens is 2780 g/mol. The van der Waals surface area contributed by atoms with Gasteiger partial charge in [-0.15, -0.1) is 0 Å². The van der Waals surface area contributed by atoms with E-state index in [2.05, 4.69) is 109 Å². The molecule has 0 fully saturated rings. The average molecular weight is 2820 g/mol. The summed E-state index contributed by atoms with van der Waals surface area (Å²) in [4.78, 5) is 139. The first kappa shape index (κ1) is 112. The predicted octanol–water partition coefficient (Wildman–Crippen LogP) is 13.3. The largest absolute Gasteiger partial charge is 0.743 e. The standard InChI is InChI=1S/C18H12F2I3NO10S.C18H14F2INO10S.C16H8F2I3NO9S.C16H10F2INO9S/c19-18(20,35(29,30)31)8-34-17(26)12-7-10(24(27)28)1-2-11(12)16(25)33-4-3-32-15-13(22)5-9(21)6-14(15)23;19-18(20,33(27,28)29)10-32-17(24)15-9-12(22(25)26)3-6-14(15)16(23)31-8-7-30-13-4-1-11(21)2-5-13;17-16(18,32(27,28)29)6-30-15(24)12-8(2-1-3-11(12)22(25)26)14(23)31-13-9(20)4-7(19)5-10(13)21;17-16(18,30(25,26)27)8-28-15(22)13-11(2-1-3-12(13)20(23)24)14(21)29-10-6-4-9(19)5-7-10/h1-2,5-7H,3-4,8H2,(H,29,30,31);1-6,9H,7-8,10H2,(H,27,28,29);1-5H,6H2,(H,27,28,29);1-7H,8H2,(H,25,26,27)/p-4. The number of halogens is 16. The van der Waals surface area contributed by atoms with Gasteiger partial charge in [0, 0.05) is 50.7 Å². The van der Waals surface area contributed by atoms with Crippen molar-refractivity contribution in [2.75, 3.05) is 52.9 Å². The van der Waals surface area contributed by atoms with E-state index in [0.29, 0.717) is 30.8 Å². The molecule has 0 bridgehead atoms. The van der Waals surface area contributed by atoms with E-state index >= 15 is 0 Å². The fraction of sp³-hybridized carbons (Fsp3) is 0.176. The van der Waals surface area contributed by atoms with Gasteiger partial charge in [0.05, 0.1) is 67.4 Å². The maximum absolute atomic E-state index is 13.3. The van der Waals surface area contributed by atoms with E-state index in [1.165, 1.54) is 12.1 Å². The van der Waals surface area contributed by atoms with E-state index in [1.54, 1.807) is 48.5 Å². The lowest BCUT2D eigenvalue weighted by atomic mass is 10.1. The maximum Gasteiger partial charge on any atom is 0.367 e. The number of ether oxygens (including phenoxy) is 10. The Morgan fingerprint density at radius 2 is 0.592 bits per heavy atom. The molecule has 8 rings (SSSR count). The number of nitro groups is 4. The van der Waals surface area contributed by atoms with Crippen molar-refractivity contribution in [3.63, 3.8) is 0 Å². The molecule has 0 aliphatic rings. The van der Waals surface area contributed by atoms with Crippen molar-refractivity contribution in [3.8, 4) is 23.0 Å². The predicted molar refractivity (Wildman–Crippen MR) is 481 cm³/mol. The quantitative estimate of drug-likeness (QED) is 0.00416. The lowest BCUT2D eigenvalue weighted by Crippen LogP contribution is -2.35. The van der Waals surface area contributed by atoms with E-state index < -0.39 is 223 Å². The van der Waals surface area contributed by atoms with Gasteiger partial charge < -0.3 is 65.6 Å². The Balaban J connectivity index is 0.000000307. The highest BCUT2D eigenvalue weighted by Gasteiger charge is 2.45. The summed E-state index contributed by atoms with van der Waals surface area (Å²) < 4.78 is 286. The molecule has 0 saturated carbocycles. The average Bonchev–Trinajstić information content (AvgIpc) is 0.777. The number of nitrogens with zero attached hydrogens (tertiary/aromatic N) is 4. The molecule has 0 radical (unpaired) electrons. The van der Waals surface area contributed by atoms with Gasteiger partial charge in [0.15, 0.2) is 83.8 Å². The van der Waals surface area contributed by atoms with Crippen LogP contribution in [0.1, 0.15) is 82.9 Å². The Morgan fingerprint density at radius 1 is 0.300 bits per heavy atom. The van der Waals surface area contributed by atoms with Crippen molar-refractivity contribution in [2.45, 2.75) is 21.0 Å². The molecule has 700 valence electrons. The van der Waals surface area contributed by atoms with Crippen LogP contribution in [0, 0.1) is 69.0 Å². The third-order valence-electron chi connectivity index (χ3n) is 14.7. The number of nitro benzene ring substituents is 4. The number of carbonyl (C=O) groups is 8. The molecule has 8 aromatic rings. The number of hydrogen-bond donors (Lipinski definition) is 0. The molecule has 0 aliphatic carbocycles. The van der Waals surface area contributed by atoms with Crippen molar-refractivity contribution in [2.24, 2.45) is 0 Å². The monoisotopic (exact) mass is 2820 g/mol. The van der Waals surface area contributed by atoms with Gasteiger partial charge in [0.1, 0.15) is 43.7 Å². The summed E-state index contributed by atoms with van der Waals surface area (Å²) in [5, 5.41) is 24.6. The van der Waals surface area contributed by atoms with Gasteiger partial charge in [-0.3, -0.25) is 40.5 Å². The van der Waals surface area contributed by atoms with Gasteiger partial charge in [-0.1, -0.05) is 12.1 Å². The van der Waals surface area contributed by atoms with E-state index in [-0.39, 0.29) is 37.9 Å². The number of rotatable bonds is 34. The second kappa shape index (κ2) is 48.0. The third-order valence-corrected chi connectivity index (χ3v) is 24.0. The summed E-state index contributed by atoms with van der Waals surface area (Å²) >= 11 is 16.1. The molecule has 0 atom stereocenters. The van der Waals surface area contributed by atoms with Crippen LogP contribution in [0.2, 0.25) is 0 Å². The van der Waals surface area contributed by atoms with Crippen molar-refractivity contribution in [1.82, 2.24) is 0 Å². The molecule has 42 nitrogen and oxygen atoms in total. The second-order valence-corrected chi connectivity index (χ2v) is 39.3. The molecule has 0 spiro atoms. The van der Waals surface area contributed by atoms with Crippen LogP contribution in [0.15, 0.2) is 146 Å². The molecule has 0 saturated heterocycles. The van der Waals surface area contributed by atoms with Crippen LogP contribution in [-0.2, 0) is 68.9 Å². The fourth-order valence-electron chi connectivity index (χ4n) is 8.69. The first-order valence-electron chi connectivity index (χ1n) is 32.9. The molecule has 8 aromatic carbocycles. The Bertz CT molecular complexity index is 6200. The molecule has 0 unspecified atom stereocenters. The molecule has 0 aliphatic heterocycles. The molecule has 0 amide bonds. The Labute approximate surface area is 830 Å². The summed E-state index contributed by atoms with van der Waals surface area (Å²) in [5.41, 5.74) is -9.65. The lowest BCUT2D eigenvalue weighted by Gasteiger charge is -2.19. The Hall–Kier alpha value is -8.36. The number of esters is 8. The summed E-state index contributed by atoms with van der Waals surface area (Å²) in [6, 6.07) is 30.0. The molecule has 0 N–H and O–H groups in total. The molecule has 0 aromatic heterocycles. The highest BCUT2D eigenvalue weighted by atomic mass is 127. The van der Waals surface area contributed by atoms with Crippen LogP contribution in [0.5, 0.6) is 23.0 Å². The van der Waals surface area contributed by atoms with Crippen LogP contribution in [0.25, 0.3) is 0 Å². The van der Waals surface area contributed by atoms with Crippen LogP contribution < -0.4 is 18.9 Å². The van der Waals surface area contributed by atoms with E-state index in [9.17, 15) is 166 Å².